The summed E-state index contributed by atoms with van der Waals surface area (Å²) in [7, 11) is 1.72. The van der Waals surface area contributed by atoms with E-state index in [0.29, 0.717) is 12.1 Å². The number of amides is 1. The highest BCUT2D eigenvalue weighted by Crippen LogP contribution is 2.11. The van der Waals surface area contributed by atoms with Crippen molar-refractivity contribution in [3.8, 4) is 0 Å². The Labute approximate surface area is 144 Å². The molecule has 0 aliphatic carbocycles. The van der Waals surface area contributed by atoms with Crippen LogP contribution in [0, 0.1) is 0 Å². The lowest BCUT2D eigenvalue weighted by molar-refractivity contribution is -0.124. The molecule has 0 saturated heterocycles. The van der Waals surface area contributed by atoms with Crippen LogP contribution < -0.4 is 0 Å². The summed E-state index contributed by atoms with van der Waals surface area (Å²) in [6.07, 6.45) is 6.84. The first-order chi connectivity index (χ1) is 11.1. The minimum atomic E-state index is -0.190. The van der Waals surface area contributed by atoms with Crippen molar-refractivity contribution in [2.75, 3.05) is 13.6 Å². The molecule has 0 fully saturated rings. The van der Waals surface area contributed by atoms with Gasteiger partial charge in [0.2, 0.25) is 5.91 Å². The molecule has 0 bridgehead atoms. The van der Waals surface area contributed by atoms with E-state index in [9.17, 15) is 9.59 Å². The van der Waals surface area contributed by atoms with Gasteiger partial charge in [-0.1, -0.05) is 15.9 Å². The predicted octanol–water partition coefficient (Wildman–Crippen LogP) is 3.28. The van der Waals surface area contributed by atoms with E-state index in [2.05, 4.69) is 20.9 Å². The molecular formula is C18H17BrN2O2. The highest BCUT2D eigenvalue weighted by atomic mass is 79.9. The average Bonchev–Trinajstić information content (AvgIpc) is 2.58. The third-order valence-electron chi connectivity index (χ3n) is 3.37. The zero-order valence-corrected chi connectivity index (χ0v) is 14.4. The molecule has 2 aromatic rings. The first kappa shape index (κ1) is 17.1. The van der Waals surface area contributed by atoms with Crippen molar-refractivity contribution >= 4 is 27.6 Å². The lowest BCUT2D eigenvalue weighted by Crippen LogP contribution is -2.27. The molecule has 0 unspecified atom stereocenters. The molecule has 1 aromatic carbocycles. The summed E-state index contributed by atoms with van der Waals surface area (Å²) in [4.78, 5) is 29.6. The maximum absolute atomic E-state index is 12.0. The molecule has 0 atom stereocenters. The van der Waals surface area contributed by atoms with Gasteiger partial charge in [-0.2, -0.15) is 0 Å². The molecule has 1 amide bonds. The van der Waals surface area contributed by atoms with Crippen LogP contribution in [0.5, 0.6) is 0 Å². The fourth-order valence-electron chi connectivity index (χ4n) is 1.94. The van der Waals surface area contributed by atoms with Crippen molar-refractivity contribution in [2.24, 2.45) is 0 Å². The lowest BCUT2D eigenvalue weighted by atomic mass is 10.1. The van der Waals surface area contributed by atoms with Gasteiger partial charge in [0, 0.05) is 42.1 Å². The molecule has 2 rings (SSSR count). The second-order valence-corrected chi connectivity index (χ2v) is 5.99. The number of rotatable bonds is 6. The van der Waals surface area contributed by atoms with Gasteiger partial charge >= 0.3 is 0 Å². The Morgan fingerprint density at radius 1 is 1.09 bits per heavy atom. The van der Waals surface area contributed by atoms with E-state index < -0.39 is 0 Å². The number of halogens is 1. The number of carbonyl (C=O) groups excluding carboxylic acids is 2. The van der Waals surface area contributed by atoms with E-state index in [0.717, 1.165) is 16.5 Å². The number of likely N-dealkylation sites (N-methyl/N-ethyl adjacent to an activating group) is 1. The first-order valence-corrected chi connectivity index (χ1v) is 7.97. The van der Waals surface area contributed by atoms with Crippen LogP contribution in [0.2, 0.25) is 0 Å². The molecular weight excluding hydrogens is 356 g/mol. The average molecular weight is 373 g/mol. The van der Waals surface area contributed by atoms with Crippen molar-refractivity contribution in [3.63, 3.8) is 0 Å². The van der Waals surface area contributed by atoms with Crippen LogP contribution in [0.4, 0.5) is 0 Å². The summed E-state index contributed by atoms with van der Waals surface area (Å²) in [6.45, 7) is 0.583. The van der Waals surface area contributed by atoms with Crippen LogP contribution in [0.15, 0.2) is 65.4 Å². The molecule has 0 N–H and O–H groups in total. The molecule has 0 saturated carbocycles. The Hall–Kier alpha value is -2.27. The first-order valence-electron chi connectivity index (χ1n) is 7.18. The van der Waals surface area contributed by atoms with Gasteiger partial charge in [0.25, 0.3) is 0 Å². The van der Waals surface area contributed by atoms with Gasteiger partial charge in [-0.25, -0.2) is 0 Å². The highest BCUT2D eigenvalue weighted by Gasteiger charge is 2.07. The van der Waals surface area contributed by atoms with Crippen LogP contribution in [-0.4, -0.2) is 35.2 Å². The normalized spacial score (nSPS) is 10.7. The SMILES string of the molecule is CN(CCc1ccncc1)C(=O)/C=C/C(=O)c1ccc(Br)cc1. The number of benzene rings is 1. The largest absolute Gasteiger partial charge is 0.342 e. The molecule has 0 radical (unpaired) electrons. The Bertz CT molecular complexity index is 697. The summed E-state index contributed by atoms with van der Waals surface area (Å²) < 4.78 is 0.907. The van der Waals surface area contributed by atoms with Gasteiger partial charge in [-0.05, 0) is 54.5 Å². The lowest BCUT2D eigenvalue weighted by Gasteiger charge is -2.14. The van der Waals surface area contributed by atoms with E-state index in [4.69, 9.17) is 0 Å². The van der Waals surface area contributed by atoms with Crippen molar-refractivity contribution < 1.29 is 9.59 Å². The molecule has 0 aliphatic rings. The molecule has 5 heteroatoms. The standard InChI is InChI=1S/C18H17BrN2O2/c1-21(13-10-14-8-11-20-12-9-14)18(23)7-6-17(22)15-2-4-16(19)5-3-15/h2-9,11-12H,10,13H2,1H3/b7-6+. The zero-order chi connectivity index (χ0) is 16.7. The Morgan fingerprint density at radius 3 is 2.39 bits per heavy atom. The molecule has 0 spiro atoms. The van der Waals surface area contributed by atoms with Crippen LogP contribution in [0.1, 0.15) is 15.9 Å². The number of allylic oxidation sites excluding steroid dienone is 1. The van der Waals surface area contributed by atoms with Gasteiger partial charge in [-0.15, -0.1) is 0 Å². The van der Waals surface area contributed by atoms with Crippen LogP contribution >= 0.6 is 15.9 Å². The Kier molecular flexibility index (Phi) is 6.23. The summed E-state index contributed by atoms with van der Waals surface area (Å²) in [5, 5.41) is 0. The third kappa shape index (κ3) is 5.45. The number of carbonyl (C=O) groups is 2. The second kappa shape index (κ2) is 8.39. The molecule has 1 heterocycles. The van der Waals surface area contributed by atoms with E-state index in [1.165, 1.54) is 12.2 Å². The predicted molar refractivity (Wildman–Crippen MR) is 93.2 cm³/mol. The van der Waals surface area contributed by atoms with Gasteiger partial charge in [0.1, 0.15) is 0 Å². The highest BCUT2D eigenvalue weighted by molar-refractivity contribution is 9.10. The van der Waals surface area contributed by atoms with Crippen molar-refractivity contribution in [1.29, 1.82) is 0 Å². The maximum Gasteiger partial charge on any atom is 0.246 e. The van der Waals surface area contributed by atoms with Crippen molar-refractivity contribution in [1.82, 2.24) is 9.88 Å². The number of nitrogens with zero attached hydrogens (tertiary/aromatic N) is 2. The third-order valence-corrected chi connectivity index (χ3v) is 3.90. The molecule has 4 nitrogen and oxygen atoms in total. The fourth-order valence-corrected chi connectivity index (χ4v) is 2.21. The van der Waals surface area contributed by atoms with Gasteiger partial charge in [0.15, 0.2) is 5.78 Å². The molecule has 118 valence electrons. The van der Waals surface area contributed by atoms with E-state index in [-0.39, 0.29) is 11.7 Å². The van der Waals surface area contributed by atoms with Crippen molar-refractivity contribution in [3.05, 3.63) is 76.5 Å². The zero-order valence-electron chi connectivity index (χ0n) is 12.8. The second-order valence-electron chi connectivity index (χ2n) is 5.07. The van der Waals surface area contributed by atoms with E-state index in [1.807, 2.05) is 12.1 Å². The number of hydrogen-bond donors (Lipinski definition) is 0. The summed E-state index contributed by atoms with van der Waals surface area (Å²) in [5.74, 6) is -0.377. The fraction of sp³-hybridized carbons (Fsp3) is 0.167. The summed E-state index contributed by atoms with van der Waals surface area (Å²) >= 11 is 3.32. The Morgan fingerprint density at radius 2 is 1.74 bits per heavy atom. The Balaban J connectivity index is 1.87. The van der Waals surface area contributed by atoms with Crippen LogP contribution in [0.3, 0.4) is 0 Å². The summed E-state index contributed by atoms with van der Waals surface area (Å²) in [6, 6.07) is 10.9. The van der Waals surface area contributed by atoms with E-state index in [1.54, 1.807) is 48.6 Å². The van der Waals surface area contributed by atoms with Gasteiger partial charge < -0.3 is 4.90 Å². The number of hydrogen-bond acceptors (Lipinski definition) is 3. The molecule has 1 aromatic heterocycles. The topological polar surface area (TPSA) is 50.3 Å². The van der Waals surface area contributed by atoms with Gasteiger partial charge in [0.05, 0.1) is 0 Å². The van der Waals surface area contributed by atoms with E-state index >= 15 is 0 Å². The molecule has 0 aliphatic heterocycles. The van der Waals surface area contributed by atoms with Crippen molar-refractivity contribution in [2.45, 2.75) is 6.42 Å². The number of aromatic nitrogens is 1. The maximum atomic E-state index is 12.0. The van der Waals surface area contributed by atoms with Gasteiger partial charge in [-0.3, -0.25) is 14.6 Å². The van der Waals surface area contributed by atoms with Crippen LogP contribution in [-0.2, 0) is 11.2 Å². The molecule has 23 heavy (non-hydrogen) atoms. The van der Waals surface area contributed by atoms with Crippen LogP contribution in [0.25, 0.3) is 0 Å². The minimum absolute atomic E-state index is 0.187. The smallest absolute Gasteiger partial charge is 0.246 e. The summed E-state index contributed by atoms with van der Waals surface area (Å²) in [5.41, 5.74) is 1.67. The number of ketones is 1. The number of pyridine rings is 1. The quantitative estimate of drug-likeness (QED) is 0.577. The monoisotopic (exact) mass is 372 g/mol. The minimum Gasteiger partial charge on any atom is -0.342 e.